The lowest BCUT2D eigenvalue weighted by molar-refractivity contribution is -0.125. The SMILES string of the molecule is CC(=O)C(O)c1cc2n(c(=O)c1CC(C)C)Cc1c-2nc2cc(C)c(C)cc2c1CCCCOCNC(=O)CN. The summed E-state index contributed by atoms with van der Waals surface area (Å²) in [5, 5.41) is 14.4. The van der Waals surface area contributed by atoms with Gasteiger partial charge >= 0.3 is 0 Å². The predicted molar refractivity (Wildman–Crippen MR) is 155 cm³/mol. The van der Waals surface area contributed by atoms with E-state index in [1.54, 1.807) is 10.6 Å². The van der Waals surface area contributed by atoms with Crippen molar-refractivity contribution in [1.29, 1.82) is 0 Å². The number of hydrogen-bond acceptors (Lipinski definition) is 7. The number of nitrogens with one attached hydrogen (secondary N) is 1. The zero-order valence-electron chi connectivity index (χ0n) is 24.1. The second kappa shape index (κ2) is 12.4. The minimum absolute atomic E-state index is 0.0673. The van der Waals surface area contributed by atoms with Crippen LogP contribution >= 0.6 is 0 Å². The van der Waals surface area contributed by atoms with Gasteiger partial charge in [0.1, 0.15) is 12.8 Å². The molecule has 4 N–H and O–H groups in total. The number of fused-ring (bicyclic) bond motifs is 4. The first-order valence-electron chi connectivity index (χ1n) is 14.0. The van der Waals surface area contributed by atoms with Gasteiger partial charge in [-0.3, -0.25) is 14.4 Å². The van der Waals surface area contributed by atoms with Crippen LogP contribution in [-0.4, -0.2) is 46.2 Å². The lowest BCUT2D eigenvalue weighted by atomic mass is 9.93. The number of amides is 1. The van der Waals surface area contributed by atoms with Crippen LogP contribution in [0.3, 0.4) is 0 Å². The Hall–Kier alpha value is -3.40. The number of aliphatic hydroxyl groups excluding tert-OH is 1. The number of aliphatic hydroxyl groups is 1. The van der Waals surface area contributed by atoms with Gasteiger partial charge in [-0.15, -0.1) is 0 Å². The molecule has 40 heavy (non-hydrogen) atoms. The van der Waals surface area contributed by atoms with Crippen LogP contribution < -0.4 is 16.6 Å². The number of aromatic nitrogens is 2. The number of carbonyl (C=O) groups is 2. The third-order valence-electron chi connectivity index (χ3n) is 7.63. The highest BCUT2D eigenvalue weighted by Crippen LogP contribution is 2.38. The zero-order chi connectivity index (χ0) is 29.1. The predicted octanol–water partition coefficient (Wildman–Crippen LogP) is 3.23. The van der Waals surface area contributed by atoms with E-state index in [4.69, 9.17) is 15.5 Å². The fourth-order valence-electron chi connectivity index (χ4n) is 5.37. The molecular weight excluding hydrogens is 508 g/mol. The van der Waals surface area contributed by atoms with Crippen molar-refractivity contribution in [3.8, 4) is 11.4 Å². The Labute approximate surface area is 234 Å². The van der Waals surface area contributed by atoms with Gasteiger partial charge in [0.2, 0.25) is 5.91 Å². The van der Waals surface area contributed by atoms with E-state index in [2.05, 4.69) is 31.3 Å². The molecular formula is C31H40N4O5. The van der Waals surface area contributed by atoms with E-state index in [9.17, 15) is 19.5 Å². The second-order valence-electron chi connectivity index (χ2n) is 11.2. The molecule has 3 heterocycles. The van der Waals surface area contributed by atoms with Gasteiger partial charge in [0.05, 0.1) is 30.0 Å². The minimum atomic E-state index is -1.35. The van der Waals surface area contributed by atoms with Gasteiger partial charge in [-0.2, -0.15) is 0 Å². The van der Waals surface area contributed by atoms with Crippen molar-refractivity contribution in [2.24, 2.45) is 11.7 Å². The Kier molecular flexibility index (Phi) is 9.18. The molecule has 214 valence electrons. The molecule has 1 unspecified atom stereocenters. The van der Waals surface area contributed by atoms with Crippen molar-refractivity contribution in [3.05, 3.63) is 61.9 Å². The van der Waals surface area contributed by atoms with Crippen LogP contribution in [0.2, 0.25) is 0 Å². The molecule has 2 aromatic heterocycles. The molecule has 0 fully saturated rings. The van der Waals surface area contributed by atoms with E-state index < -0.39 is 11.9 Å². The lowest BCUT2D eigenvalue weighted by Gasteiger charge is -2.17. The first-order chi connectivity index (χ1) is 19.0. The highest BCUT2D eigenvalue weighted by molar-refractivity contribution is 5.89. The summed E-state index contributed by atoms with van der Waals surface area (Å²) in [6.45, 7) is 10.5. The lowest BCUT2D eigenvalue weighted by Crippen LogP contribution is -2.32. The summed E-state index contributed by atoms with van der Waals surface area (Å²) >= 11 is 0. The Balaban J connectivity index is 1.74. The average Bonchev–Trinajstić information content (AvgIpc) is 3.27. The van der Waals surface area contributed by atoms with E-state index in [0.717, 1.165) is 52.5 Å². The van der Waals surface area contributed by atoms with Gasteiger partial charge in [-0.25, -0.2) is 4.98 Å². The van der Waals surface area contributed by atoms with Crippen molar-refractivity contribution in [1.82, 2.24) is 14.9 Å². The summed E-state index contributed by atoms with van der Waals surface area (Å²) in [6, 6.07) is 6.05. The van der Waals surface area contributed by atoms with Crippen molar-refractivity contribution >= 4 is 22.6 Å². The summed E-state index contributed by atoms with van der Waals surface area (Å²) in [5.74, 6) is -0.466. The quantitative estimate of drug-likeness (QED) is 0.183. The Morgan fingerprint density at radius 3 is 2.55 bits per heavy atom. The molecule has 1 atom stereocenters. The van der Waals surface area contributed by atoms with Crippen LogP contribution in [-0.2, 0) is 33.7 Å². The molecule has 0 saturated heterocycles. The molecule has 1 amide bonds. The van der Waals surface area contributed by atoms with Crippen LogP contribution in [0.5, 0.6) is 0 Å². The molecule has 1 aromatic carbocycles. The molecule has 9 heteroatoms. The first kappa shape index (κ1) is 29.6. The molecule has 0 aliphatic carbocycles. The monoisotopic (exact) mass is 548 g/mol. The van der Waals surface area contributed by atoms with Crippen molar-refractivity contribution in [2.45, 2.75) is 73.0 Å². The van der Waals surface area contributed by atoms with Crippen molar-refractivity contribution in [2.75, 3.05) is 19.9 Å². The van der Waals surface area contributed by atoms with E-state index in [0.29, 0.717) is 36.4 Å². The summed E-state index contributed by atoms with van der Waals surface area (Å²) < 4.78 is 7.28. The number of nitrogens with zero attached hydrogens (tertiary/aromatic N) is 2. The average molecular weight is 549 g/mol. The number of ketones is 1. The number of hydrogen-bond donors (Lipinski definition) is 3. The summed E-state index contributed by atoms with van der Waals surface area (Å²) in [5.41, 5.74) is 12.7. The number of ether oxygens (including phenoxy) is 1. The second-order valence-corrected chi connectivity index (χ2v) is 11.2. The van der Waals surface area contributed by atoms with Gasteiger partial charge in [-0.05, 0) is 92.8 Å². The van der Waals surface area contributed by atoms with Crippen LogP contribution in [0, 0.1) is 19.8 Å². The fraction of sp³-hybridized carbons (Fsp3) is 0.484. The maximum Gasteiger partial charge on any atom is 0.254 e. The van der Waals surface area contributed by atoms with E-state index in [1.165, 1.54) is 12.5 Å². The normalized spacial score (nSPS) is 13.0. The van der Waals surface area contributed by atoms with E-state index >= 15 is 0 Å². The summed E-state index contributed by atoms with van der Waals surface area (Å²) in [4.78, 5) is 42.3. The number of benzene rings is 1. The molecule has 3 aromatic rings. The molecule has 4 rings (SSSR count). The van der Waals surface area contributed by atoms with Crippen molar-refractivity contribution in [3.63, 3.8) is 0 Å². The number of pyridine rings is 2. The van der Waals surface area contributed by atoms with Crippen molar-refractivity contribution < 1.29 is 19.4 Å². The molecule has 9 nitrogen and oxygen atoms in total. The minimum Gasteiger partial charge on any atom is -0.381 e. The highest BCUT2D eigenvalue weighted by atomic mass is 16.5. The maximum absolute atomic E-state index is 13.8. The van der Waals surface area contributed by atoms with E-state index in [1.807, 2.05) is 13.8 Å². The Morgan fingerprint density at radius 1 is 1.15 bits per heavy atom. The number of unbranched alkanes of at least 4 members (excludes halogenated alkanes) is 1. The molecule has 0 spiro atoms. The standard InChI is InChI=1S/C31H40N4O5/c1-17(2)10-24-23(30(38)20(5)36)13-27-29-25(15-35(27)31(24)39)21(8-6-7-9-40-16-33-28(37)14-32)22-11-18(3)19(4)12-26(22)34-29/h11-13,17,30,38H,6-10,14-16,32H2,1-5H3,(H,33,37). The number of nitrogens with two attached hydrogens (primary N) is 1. The van der Waals surface area contributed by atoms with Gasteiger partial charge in [0.25, 0.3) is 5.56 Å². The van der Waals surface area contributed by atoms with E-state index in [-0.39, 0.29) is 30.7 Å². The van der Waals surface area contributed by atoms with Crippen LogP contribution in [0.25, 0.3) is 22.3 Å². The highest BCUT2D eigenvalue weighted by Gasteiger charge is 2.30. The van der Waals surface area contributed by atoms with Crippen LogP contribution in [0.15, 0.2) is 23.0 Å². The van der Waals surface area contributed by atoms with Crippen LogP contribution in [0.4, 0.5) is 0 Å². The molecule has 1 aliphatic rings. The molecule has 0 saturated carbocycles. The first-order valence-corrected chi connectivity index (χ1v) is 14.0. The van der Waals surface area contributed by atoms with Gasteiger partial charge in [-0.1, -0.05) is 13.8 Å². The van der Waals surface area contributed by atoms with Gasteiger partial charge in [0, 0.05) is 23.1 Å². The van der Waals surface area contributed by atoms with Crippen LogP contribution in [0.1, 0.15) is 73.1 Å². The third kappa shape index (κ3) is 6.01. The zero-order valence-corrected chi connectivity index (χ0v) is 24.1. The topological polar surface area (TPSA) is 137 Å². The number of Topliss-reactive ketones (excluding diaryl/α,β-unsaturated/α-hetero) is 1. The largest absolute Gasteiger partial charge is 0.381 e. The fourth-order valence-corrected chi connectivity index (χ4v) is 5.37. The smallest absolute Gasteiger partial charge is 0.254 e. The maximum atomic E-state index is 13.8. The molecule has 0 radical (unpaired) electrons. The number of carbonyl (C=O) groups excluding carboxylic acids is 2. The summed E-state index contributed by atoms with van der Waals surface area (Å²) in [7, 11) is 0. The number of rotatable bonds is 12. The van der Waals surface area contributed by atoms with Gasteiger partial charge < -0.3 is 25.5 Å². The summed E-state index contributed by atoms with van der Waals surface area (Å²) in [6.07, 6.45) is 1.54. The molecule has 0 bridgehead atoms. The van der Waals surface area contributed by atoms with Gasteiger partial charge in [0.15, 0.2) is 5.78 Å². The molecule has 1 aliphatic heterocycles. The third-order valence-corrected chi connectivity index (χ3v) is 7.63. The number of aryl methyl sites for hydroxylation is 3. The Bertz CT molecular complexity index is 1510. The Morgan fingerprint density at radius 2 is 1.88 bits per heavy atom.